The molecule has 3 aromatic heterocycles. The zero-order chi connectivity index (χ0) is 20.2. The van der Waals surface area contributed by atoms with Gasteiger partial charge in [0, 0.05) is 29.6 Å². The van der Waals surface area contributed by atoms with Crippen LogP contribution < -0.4 is 5.32 Å². The molecule has 0 saturated carbocycles. The molecule has 0 aliphatic carbocycles. The van der Waals surface area contributed by atoms with Crippen LogP contribution in [0.1, 0.15) is 5.69 Å². The summed E-state index contributed by atoms with van der Waals surface area (Å²) in [5, 5.41) is 15.3. The molecule has 0 aliphatic rings. The standard InChI is InChI=1S/C19H15FN6O3/c20-14-3-1-12(2-4-14)17-18(26(11-24-17)10-15-5-6-29-25-15)13-7-21-19(22-8-13)23-9-16(27)28/h1-8,11H,9-10H2,(H,27,28)(H,21,22,23). The number of carbonyl (C=O) groups is 1. The molecule has 0 aliphatic heterocycles. The number of rotatable bonds is 7. The lowest BCUT2D eigenvalue weighted by atomic mass is 10.1. The van der Waals surface area contributed by atoms with E-state index in [1.165, 1.54) is 18.4 Å². The van der Waals surface area contributed by atoms with Gasteiger partial charge in [-0.1, -0.05) is 5.16 Å². The first-order valence-corrected chi connectivity index (χ1v) is 8.58. The number of anilines is 1. The predicted octanol–water partition coefficient (Wildman–Crippen LogP) is 2.68. The van der Waals surface area contributed by atoms with E-state index in [0.29, 0.717) is 29.2 Å². The summed E-state index contributed by atoms with van der Waals surface area (Å²) in [7, 11) is 0. The molecule has 29 heavy (non-hydrogen) atoms. The van der Waals surface area contributed by atoms with Gasteiger partial charge in [-0.15, -0.1) is 0 Å². The predicted molar refractivity (Wildman–Crippen MR) is 100 cm³/mol. The number of carboxylic acid groups (broad SMARTS) is 1. The zero-order valence-electron chi connectivity index (χ0n) is 15.0. The smallest absolute Gasteiger partial charge is 0.322 e. The van der Waals surface area contributed by atoms with E-state index in [2.05, 4.69) is 25.4 Å². The Morgan fingerprint density at radius 2 is 1.86 bits per heavy atom. The van der Waals surface area contributed by atoms with Crippen LogP contribution in [-0.4, -0.2) is 42.3 Å². The third kappa shape index (κ3) is 4.10. The van der Waals surface area contributed by atoms with Crippen molar-refractivity contribution in [1.29, 1.82) is 0 Å². The number of halogens is 1. The number of aliphatic carboxylic acids is 1. The Morgan fingerprint density at radius 3 is 2.52 bits per heavy atom. The molecule has 4 rings (SSSR count). The Bertz CT molecular complexity index is 1110. The fourth-order valence-electron chi connectivity index (χ4n) is 2.81. The van der Waals surface area contributed by atoms with Crippen molar-refractivity contribution in [2.45, 2.75) is 6.54 Å². The Hall–Kier alpha value is -4.08. The number of hydrogen-bond acceptors (Lipinski definition) is 7. The number of nitrogens with one attached hydrogen (secondary N) is 1. The fraction of sp³-hybridized carbons (Fsp3) is 0.105. The van der Waals surface area contributed by atoms with Crippen molar-refractivity contribution in [3.8, 4) is 22.5 Å². The summed E-state index contributed by atoms with van der Waals surface area (Å²) in [5.74, 6) is -1.15. The highest BCUT2D eigenvalue weighted by Gasteiger charge is 2.17. The highest BCUT2D eigenvalue weighted by atomic mass is 19.1. The van der Waals surface area contributed by atoms with E-state index < -0.39 is 5.97 Å². The lowest BCUT2D eigenvalue weighted by molar-refractivity contribution is -0.134. The number of hydrogen-bond donors (Lipinski definition) is 2. The van der Waals surface area contributed by atoms with Crippen molar-refractivity contribution in [3.05, 3.63) is 66.8 Å². The average molecular weight is 394 g/mol. The molecule has 10 heteroatoms. The summed E-state index contributed by atoms with van der Waals surface area (Å²) in [5.41, 5.74) is 3.43. The van der Waals surface area contributed by atoms with Crippen LogP contribution in [0.25, 0.3) is 22.5 Å². The van der Waals surface area contributed by atoms with Gasteiger partial charge in [0.1, 0.15) is 24.3 Å². The first-order chi connectivity index (χ1) is 14.1. The van der Waals surface area contributed by atoms with E-state index in [-0.39, 0.29) is 18.3 Å². The Balaban J connectivity index is 1.73. The molecular formula is C19H15FN6O3. The van der Waals surface area contributed by atoms with Gasteiger partial charge in [0.25, 0.3) is 0 Å². The summed E-state index contributed by atoms with van der Waals surface area (Å²) in [6.45, 7) is 0.114. The van der Waals surface area contributed by atoms with Crippen molar-refractivity contribution in [1.82, 2.24) is 24.7 Å². The molecule has 0 atom stereocenters. The summed E-state index contributed by atoms with van der Waals surface area (Å²) < 4.78 is 20.1. The van der Waals surface area contributed by atoms with Crippen molar-refractivity contribution in [2.24, 2.45) is 0 Å². The van der Waals surface area contributed by atoms with E-state index in [0.717, 1.165) is 5.56 Å². The molecule has 146 valence electrons. The lowest BCUT2D eigenvalue weighted by Crippen LogP contribution is -2.14. The molecule has 0 saturated heterocycles. The Kier molecular flexibility index (Phi) is 4.97. The van der Waals surface area contributed by atoms with Crippen LogP contribution >= 0.6 is 0 Å². The summed E-state index contributed by atoms with van der Waals surface area (Å²) >= 11 is 0. The molecule has 0 unspecified atom stereocenters. The number of benzene rings is 1. The maximum absolute atomic E-state index is 13.3. The largest absolute Gasteiger partial charge is 0.480 e. The second kappa shape index (κ2) is 7.89. The van der Waals surface area contributed by atoms with Crippen molar-refractivity contribution in [2.75, 3.05) is 11.9 Å². The number of imidazole rings is 1. The quantitative estimate of drug-likeness (QED) is 0.491. The van der Waals surface area contributed by atoms with Crippen LogP contribution in [0.2, 0.25) is 0 Å². The topological polar surface area (TPSA) is 119 Å². The lowest BCUT2D eigenvalue weighted by Gasteiger charge is -2.10. The summed E-state index contributed by atoms with van der Waals surface area (Å²) in [6, 6.07) is 7.77. The number of nitrogens with zero attached hydrogens (tertiary/aromatic N) is 5. The molecule has 0 fully saturated rings. The molecular weight excluding hydrogens is 379 g/mol. The minimum Gasteiger partial charge on any atom is -0.480 e. The van der Waals surface area contributed by atoms with E-state index in [4.69, 9.17) is 9.63 Å². The van der Waals surface area contributed by atoms with Gasteiger partial charge in [0.15, 0.2) is 0 Å². The zero-order valence-corrected chi connectivity index (χ0v) is 15.0. The van der Waals surface area contributed by atoms with E-state index in [1.807, 2.05) is 4.57 Å². The van der Waals surface area contributed by atoms with Gasteiger partial charge >= 0.3 is 5.97 Å². The van der Waals surface area contributed by atoms with Crippen LogP contribution in [0, 0.1) is 5.82 Å². The minimum absolute atomic E-state index is 0.196. The normalized spacial score (nSPS) is 10.8. The molecule has 1 aromatic carbocycles. The van der Waals surface area contributed by atoms with Crippen molar-refractivity contribution < 1.29 is 18.8 Å². The van der Waals surface area contributed by atoms with Gasteiger partial charge in [-0.2, -0.15) is 0 Å². The minimum atomic E-state index is -1.01. The van der Waals surface area contributed by atoms with Crippen LogP contribution in [0.3, 0.4) is 0 Å². The van der Waals surface area contributed by atoms with Gasteiger partial charge < -0.3 is 19.5 Å². The molecule has 2 N–H and O–H groups in total. The number of aromatic nitrogens is 5. The Morgan fingerprint density at radius 1 is 1.10 bits per heavy atom. The van der Waals surface area contributed by atoms with Gasteiger partial charge in [-0.05, 0) is 24.3 Å². The number of carboxylic acids is 1. The first kappa shape index (κ1) is 18.3. The van der Waals surface area contributed by atoms with Crippen LogP contribution in [0.4, 0.5) is 10.3 Å². The molecule has 3 heterocycles. The molecule has 0 bridgehead atoms. The van der Waals surface area contributed by atoms with E-state index in [1.54, 1.807) is 36.9 Å². The molecule has 4 aromatic rings. The van der Waals surface area contributed by atoms with E-state index in [9.17, 15) is 9.18 Å². The highest BCUT2D eigenvalue weighted by molar-refractivity contribution is 5.78. The highest BCUT2D eigenvalue weighted by Crippen LogP contribution is 2.31. The molecule has 0 radical (unpaired) electrons. The van der Waals surface area contributed by atoms with Gasteiger partial charge in [-0.25, -0.2) is 19.3 Å². The monoisotopic (exact) mass is 394 g/mol. The van der Waals surface area contributed by atoms with Gasteiger partial charge in [-0.3, -0.25) is 4.79 Å². The average Bonchev–Trinajstić information content (AvgIpc) is 3.38. The van der Waals surface area contributed by atoms with Crippen molar-refractivity contribution in [3.63, 3.8) is 0 Å². The summed E-state index contributed by atoms with van der Waals surface area (Å²) in [6.07, 6.45) is 6.28. The molecule has 9 nitrogen and oxygen atoms in total. The summed E-state index contributed by atoms with van der Waals surface area (Å²) in [4.78, 5) is 23.5. The third-order valence-electron chi connectivity index (χ3n) is 4.10. The maximum atomic E-state index is 13.3. The van der Waals surface area contributed by atoms with Gasteiger partial charge in [0.05, 0.1) is 24.3 Å². The molecule has 0 spiro atoms. The second-order valence-corrected chi connectivity index (χ2v) is 6.11. The fourth-order valence-corrected chi connectivity index (χ4v) is 2.81. The first-order valence-electron chi connectivity index (χ1n) is 8.58. The van der Waals surface area contributed by atoms with Crippen LogP contribution in [0.5, 0.6) is 0 Å². The van der Waals surface area contributed by atoms with Crippen molar-refractivity contribution >= 4 is 11.9 Å². The van der Waals surface area contributed by atoms with E-state index >= 15 is 0 Å². The van der Waals surface area contributed by atoms with Gasteiger partial charge in [0.2, 0.25) is 5.95 Å². The van der Waals surface area contributed by atoms with Crippen LogP contribution in [0.15, 0.2) is 59.8 Å². The third-order valence-corrected chi connectivity index (χ3v) is 4.10. The molecule has 0 amide bonds. The second-order valence-electron chi connectivity index (χ2n) is 6.11. The Labute approximate surface area is 163 Å². The van der Waals surface area contributed by atoms with Crippen LogP contribution in [-0.2, 0) is 11.3 Å². The maximum Gasteiger partial charge on any atom is 0.322 e. The SMILES string of the molecule is O=C(O)CNc1ncc(-c2c(-c3ccc(F)cc3)ncn2Cc2ccon2)cn1.